The van der Waals surface area contributed by atoms with Gasteiger partial charge in [0.1, 0.15) is 18.1 Å². The summed E-state index contributed by atoms with van der Waals surface area (Å²) in [5.74, 6) is -8.97. The average Bonchev–Trinajstić information content (AvgIpc) is 2.74. The summed E-state index contributed by atoms with van der Waals surface area (Å²) in [6.07, 6.45) is -1.91. The highest BCUT2D eigenvalue weighted by atomic mass is 16.4. The lowest BCUT2D eigenvalue weighted by molar-refractivity contribution is -0.147. The van der Waals surface area contributed by atoms with Crippen molar-refractivity contribution < 1.29 is 54.0 Å². The van der Waals surface area contributed by atoms with Crippen LogP contribution in [0, 0.1) is 0 Å². The number of hydrogen-bond donors (Lipinski definition) is 9. The molecule has 0 aromatic carbocycles. The Labute approximate surface area is 199 Å². The van der Waals surface area contributed by atoms with Gasteiger partial charge in [0.25, 0.3) is 0 Å². The van der Waals surface area contributed by atoms with E-state index in [0.29, 0.717) is 12.8 Å². The number of amides is 3. The zero-order valence-electron chi connectivity index (χ0n) is 18.8. The van der Waals surface area contributed by atoms with Crippen LogP contribution >= 0.6 is 0 Å². The van der Waals surface area contributed by atoms with Crippen molar-refractivity contribution in [2.45, 2.75) is 69.1 Å². The SMILES string of the molecule is NCCCCC(NC(=O)C(CC(=O)O)NC(=O)C(N)CCC(=O)O)C(=O)NC(CC(=O)O)C(=O)O. The lowest BCUT2D eigenvalue weighted by atomic mass is 10.1. The largest absolute Gasteiger partial charge is 0.481 e. The molecule has 16 heteroatoms. The van der Waals surface area contributed by atoms with Crippen molar-refractivity contribution in [1.29, 1.82) is 0 Å². The van der Waals surface area contributed by atoms with E-state index in [1.807, 2.05) is 5.32 Å². The molecule has 0 heterocycles. The molecule has 0 aromatic rings. The second kappa shape index (κ2) is 15.9. The first-order valence-electron chi connectivity index (χ1n) is 10.5. The molecule has 0 saturated heterocycles. The van der Waals surface area contributed by atoms with Gasteiger partial charge in [-0.05, 0) is 32.2 Å². The predicted octanol–water partition coefficient (Wildman–Crippen LogP) is -3.20. The summed E-state index contributed by atoms with van der Waals surface area (Å²) < 4.78 is 0. The number of aliphatic carboxylic acids is 4. The summed E-state index contributed by atoms with van der Waals surface area (Å²) in [4.78, 5) is 81.4. The minimum atomic E-state index is -1.80. The molecule has 16 nitrogen and oxygen atoms in total. The highest BCUT2D eigenvalue weighted by molar-refractivity contribution is 5.96. The lowest BCUT2D eigenvalue weighted by Crippen LogP contribution is -2.57. The third-order valence-corrected chi connectivity index (χ3v) is 4.59. The topological polar surface area (TPSA) is 289 Å². The van der Waals surface area contributed by atoms with E-state index in [1.165, 1.54) is 0 Å². The van der Waals surface area contributed by atoms with Crippen LogP contribution in [-0.2, 0) is 33.6 Å². The Bertz CT molecular complexity index is 804. The molecule has 4 unspecified atom stereocenters. The van der Waals surface area contributed by atoms with Crippen LogP contribution in [0.15, 0.2) is 0 Å². The van der Waals surface area contributed by atoms with Crippen LogP contribution in [0.4, 0.5) is 0 Å². The highest BCUT2D eigenvalue weighted by Gasteiger charge is 2.32. The van der Waals surface area contributed by atoms with Gasteiger partial charge >= 0.3 is 23.9 Å². The van der Waals surface area contributed by atoms with Crippen LogP contribution in [0.3, 0.4) is 0 Å². The monoisotopic (exact) mass is 505 g/mol. The summed E-state index contributed by atoms with van der Waals surface area (Å²) in [6, 6.07) is -6.25. The zero-order chi connectivity index (χ0) is 27.1. The summed E-state index contributed by atoms with van der Waals surface area (Å²) >= 11 is 0. The molecule has 0 saturated carbocycles. The van der Waals surface area contributed by atoms with Crippen molar-refractivity contribution in [2.24, 2.45) is 11.5 Å². The summed E-state index contributed by atoms with van der Waals surface area (Å²) in [6.45, 7) is 0.241. The molecule has 3 amide bonds. The number of unbranched alkanes of at least 4 members (excludes halogenated alkanes) is 1. The molecule has 35 heavy (non-hydrogen) atoms. The number of hydrogen-bond acceptors (Lipinski definition) is 9. The fourth-order valence-corrected chi connectivity index (χ4v) is 2.75. The fraction of sp³-hybridized carbons (Fsp3) is 0.632. The Kier molecular flexibility index (Phi) is 14.2. The fourth-order valence-electron chi connectivity index (χ4n) is 2.75. The molecule has 198 valence electrons. The Balaban J connectivity index is 5.53. The Morgan fingerprint density at radius 1 is 0.629 bits per heavy atom. The predicted molar refractivity (Wildman–Crippen MR) is 116 cm³/mol. The van der Waals surface area contributed by atoms with Crippen LogP contribution in [-0.4, -0.2) is 92.7 Å². The van der Waals surface area contributed by atoms with Crippen molar-refractivity contribution in [1.82, 2.24) is 16.0 Å². The zero-order valence-corrected chi connectivity index (χ0v) is 18.8. The van der Waals surface area contributed by atoms with Gasteiger partial charge in [-0.1, -0.05) is 0 Å². The van der Waals surface area contributed by atoms with Gasteiger partial charge in [0.05, 0.1) is 18.9 Å². The Hall–Kier alpha value is -3.79. The number of rotatable bonds is 18. The van der Waals surface area contributed by atoms with Gasteiger partial charge in [-0.3, -0.25) is 28.8 Å². The first-order valence-corrected chi connectivity index (χ1v) is 10.5. The molecule has 0 aliphatic carbocycles. The third-order valence-electron chi connectivity index (χ3n) is 4.59. The van der Waals surface area contributed by atoms with Crippen LogP contribution in [0.25, 0.3) is 0 Å². The molecule has 0 spiro atoms. The van der Waals surface area contributed by atoms with E-state index < -0.39 is 85.0 Å². The normalized spacial score (nSPS) is 14.0. The van der Waals surface area contributed by atoms with E-state index in [2.05, 4.69) is 10.6 Å². The van der Waals surface area contributed by atoms with Crippen LogP contribution < -0.4 is 27.4 Å². The number of carbonyl (C=O) groups excluding carboxylic acids is 3. The lowest BCUT2D eigenvalue weighted by Gasteiger charge is -2.24. The van der Waals surface area contributed by atoms with E-state index in [1.54, 1.807) is 0 Å². The van der Waals surface area contributed by atoms with Gasteiger partial charge < -0.3 is 47.8 Å². The first-order chi connectivity index (χ1) is 16.3. The molecular weight excluding hydrogens is 474 g/mol. The number of carbonyl (C=O) groups is 7. The number of carboxylic acids is 4. The van der Waals surface area contributed by atoms with Gasteiger partial charge in [-0.2, -0.15) is 0 Å². The van der Waals surface area contributed by atoms with E-state index >= 15 is 0 Å². The van der Waals surface area contributed by atoms with Crippen molar-refractivity contribution in [3.05, 3.63) is 0 Å². The summed E-state index contributed by atoms with van der Waals surface area (Å²) in [5, 5.41) is 42.0. The first kappa shape index (κ1) is 31.2. The quantitative estimate of drug-likeness (QED) is 0.0830. The molecule has 0 rings (SSSR count). The Morgan fingerprint density at radius 3 is 1.60 bits per heavy atom. The maximum atomic E-state index is 12.7. The molecule has 11 N–H and O–H groups in total. The van der Waals surface area contributed by atoms with E-state index in [-0.39, 0.29) is 19.4 Å². The van der Waals surface area contributed by atoms with Gasteiger partial charge in [0.15, 0.2) is 0 Å². The molecular formula is C19H31N5O11. The molecule has 0 aliphatic heterocycles. The third kappa shape index (κ3) is 13.5. The average molecular weight is 505 g/mol. The molecule has 4 atom stereocenters. The smallest absolute Gasteiger partial charge is 0.326 e. The van der Waals surface area contributed by atoms with Gasteiger partial charge in [0.2, 0.25) is 17.7 Å². The minimum Gasteiger partial charge on any atom is -0.481 e. The van der Waals surface area contributed by atoms with Crippen LogP contribution in [0.1, 0.15) is 44.9 Å². The number of carboxylic acid groups (broad SMARTS) is 4. The van der Waals surface area contributed by atoms with Gasteiger partial charge in [0, 0.05) is 6.42 Å². The van der Waals surface area contributed by atoms with Crippen LogP contribution in [0.5, 0.6) is 0 Å². The van der Waals surface area contributed by atoms with E-state index in [0.717, 1.165) is 0 Å². The second-order valence-electron chi connectivity index (χ2n) is 7.54. The Morgan fingerprint density at radius 2 is 1.11 bits per heavy atom. The number of nitrogens with one attached hydrogen (secondary N) is 3. The molecule has 0 radical (unpaired) electrons. The van der Waals surface area contributed by atoms with Gasteiger partial charge in [-0.15, -0.1) is 0 Å². The maximum absolute atomic E-state index is 12.7. The van der Waals surface area contributed by atoms with Gasteiger partial charge in [-0.25, -0.2) is 4.79 Å². The number of nitrogens with two attached hydrogens (primary N) is 2. The van der Waals surface area contributed by atoms with Crippen LogP contribution in [0.2, 0.25) is 0 Å². The van der Waals surface area contributed by atoms with Crippen molar-refractivity contribution in [2.75, 3.05) is 6.54 Å². The molecule has 0 bridgehead atoms. The molecule has 0 aliphatic rings. The van der Waals surface area contributed by atoms with Crippen molar-refractivity contribution in [3.63, 3.8) is 0 Å². The van der Waals surface area contributed by atoms with E-state index in [4.69, 9.17) is 31.9 Å². The summed E-state index contributed by atoms with van der Waals surface area (Å²) in [7, 11) is 0. The second-order valence-corrected chi connectivity index (χ2v) is 7.54. The standard InChI is InChI=1S/C19H31N5O11/c20-6-2-1-3-10(17(32)24-12(19(34)35)8-15(29)30)22-18(33)11(7-14(27)28)23-16(31)9(21)4-5-13(25)26/h9-12H,1-8,20-21H2,(H,22,33)(H,23,31)(H,24,32)(H,25,26)(H,27,28)(H,29,30)(H,34,35). The highest BCUT2D eigenvalue weighted by Crippen LogP contribution is 2.05. The summed E-state index contributed by atoms with van der Waals surface area (Å²) in [5.41, 5.74) is 11.0. The van der Waals surface area contributed by atoms with Crippen molar-refractivity contribution in [3.8, 4) is 0 Å². The minimum absolute atomic E-state index is 0.0555. The van der Waals surface area contributed by atoms with Crippen molar-refractivity contribution >= 4 is 41.6 Å². The molecule has 0 aromatic heterocycles. The van der Waals surface area contributed by atoms with E-state index in [9.17, 15) is 33.6 Å². The molecule has 0 fully saturated rings. The maximum Gasteiger partial charge on any atom is 0.326 e.